The van der Waals surface area contributed by atoms with E-state index >= 15 is 0 Å². The Labute approximate surface area is 289 Å². The minimum absolute atomic E-state index is 0.0211. The summed E-state index contributed by atoms with van der Waals surface area (Å²) in [5.41, 5.74) is 1.19. The highest BCUT2D eigenvalue weighted by Crippen LogP contribution is 2.56. The number of alkyl halides is 3. The molecule has 0 bridgehead atoms. The van der Waals surface area contributed by atoms with Crippen molar-refractivity contribution in [3.63, 3.8) is 0 Å². The average Bonchev–Trinajstić information content (AvgIpc) is 3.34. The van der Waals surface area contributed by atoms with E-state index in [1.807, 2.05) is 30.3 Å². The summed E-state index contributed by atoms with van der Waals surface area (Å²) in [6, 6.07) is 15.8. The van der Waals surface area contributed by atoms with Gasteiger partial charge in [-0.2, -0.15) is 18.2 Å². The summed E-state index contributed by atoms with van der Waals surface area (Å²) in [5, 5.41) is 12.9. The minimum atomic E-state index is -4.80. The van der Waals surface area contributed by atoms with Gasteiger partial charge >= 0.3 is 6.18 Å². The molecule has 50 heavy (non-hydrogen) atoms. The molecule has 4 aliphatic rings. The minimum Gasteiger partial charge on any atom is -0.507 e. The van der Waals surface area contributed by atoms with Crippen molar-refractivity contribution in [3.05, 3.63) is 117 Å². The zero-order valence-electron chi connectivity index (χ0n) is 26.7. The maximum Gasteiger partial charge on any atom is 0.433 e. The first-order valence-corrected chi connectivity index (χ1v) is 16.2. The molecule has 2 heterocycles. The number of fused-ring (bicyclic) bond motifs is 3. The molecule has 13 heteroatoms. The van der Waals surface area contributed by atoms with E-state index in [4.69, 9.17) is 16.3 Å². The lowest BCUT2D eigenvalue weighted by Gasteiger charge is -2.42. The van der Waals surface area contributed by atoms with Crippen LogP contribution in [-0.2, 0) is 32.0 Å². The molecule has 0 unspecified atom stereocenters. The Hall–Kier alpha value is -5.23. The van der Waals surface area contributed by atoms with Crippen LogP contribution >= 0.6 is 11.6 Å². The monoisotopic (exact) mass is 703 g/mol. The molecule has 3 aliphatic carbocycles. The number of phenolic OH excluding ortho intramolecular Hbond substituents is 1. The third-order valence-corrected chi connectivity index (χ3v) is 10.1. The maximum absolute atomic E-state index is 14.2. The van der Waals surface area contributed by atoms with Crippen molar-refractivity contribution in [2.75, 3.05) is 12.1 Å². The number of amides is 2. The number of ketones is 2. The van der Waals surface area contributed by atoms with E-state index < -0.39 is 59.0 Å². The molecule has 0 saturated carbocycles. The lowest BCUT2D eigenvalue weighted by molar-refractivity contribution is -0.141. The average molecular weight is 704 g/mol. The second kappa shape index (κ2) is 12.3. The van der Waals surface area contributed by atoms with E-state index in [9.17, 15) is 37.5 Å². The molecule has 2 aromatic carbocycles. The van der Waals surface area contributed by atoms with Crippen molar-refractivity contribution in [1.82, 2.24) is 9.99 Å². The number of ether oxygens (including phenoxy) is 1. The van der Waals surface area contributed by atoms with Crippen LogP contribution < -0.4 is 9.75 Å². The second-order valence-electron chi connectivity index (χ2n) is 12.7. The van der Waals surface area contributed by atoms with E-state index in [1.54, 1.807) is 18.2 Å². The van der Waals surface area contributed by atoms with Crippen molar-refractivity contribution in [2.45, 2.75) is 38.5 Å². The van der Waals surface area contributed by atoms with Crippen molar-refractivity contribution in [1.29, 1.82) is 0 Å². The number of halogens is 4. The number of imide groups is 1. The topological polar surface area (TPSA) is 117 Å². The molecule has 1 aliphatic heterocycles. The fraction of sp³-hybridized carbons (Fsp3) is 0.270. The van der Waals surface area contributed by atoms with Gasteiger partial charge in [0.1, 0.15) is 23.8 Å². The van der Waals surface area contributed by atoms with Crippen LogP contribution in [0, 0.1) is 17.8 Å². The molecular weight excluding hydrogens is 675 g/mol. The number of Topliss-reactive ketones (excluding diaryl/α,β-unsaturated/α-hetero) is 1. The quantitative estimate of drug-likeness (QED) is 0.175. The molecule has 1 saturated heterocycles. The number of hydrogen-bond donors (Lipinski definition) is 1. The maximum atomic E-state index is 14.2. The number of hydrazine groups is 1. The van der Waals surface area contributed by atoms with Gasteiger partial charge in [-0.3, -0.25) is 24.2 Å². The van der Waals surface area contributed by atoms with Crippen LogP contribution in [0.25, 0.3) is 0 Å². The van der Waals surface area contributed by atoms with Gasteiger partial charge in [0.2, 0.25) is 0 Å². The van der Waals surface area contributed by atoms with Crippen LogP contribution in [0.15, 0.2) is 95.1 Å². The highest BCUT2D eigenvalue weighted by Gasteiger charge is 2.58. The van der Waals surface area contributed by atoms with Crippen LogP contribution in [0.4, 0.5) is 19.0 Å². The normalized spacial score (nSPS) is 23.3. The fourth-order valence-corrected chi connectivity index (χ4v) is 7.75. The number of rotatable bonds is 6. The van der Waals surface area contributed by atoms with Crippen LogP contribution in [-0.4, -0.2) is 45.5 Å². The summed E-state index contributed by atoms with van der Waals surface area (Å²) in [7, 11) is 1.23. The van der Waals surface area contributed by atoms with Crippen LogP contribution in [0.3, 0.4) is 0 Å². The largest absolute Gasteiger partial charge is 0.507 e. The van der Waals surface area contributed by atoms with E-state index in [-0.39, 0.29) is 52.7 Å². The van der Waals surface area contributed by atoms with Crippen LogP contribution in [0.1, 0.15) is 42.5 Å². The molecule has 7 rings (SSSR count). The highest BCUT2D eigenvalue weighted by molar-refractivity contribution is 6.33. The lowest BCUT2D eigenvalue weighted by atomic mass is 9.59. The summed E-state index contributed by atoms with van der Waals surface area (Å²) >= 11 is 6.22. The standard InChI is InChI=1S/C37H29ClF3N3O6/c1-18-14-28(46)32-25(33(18)47)16-24-21(30(32)22-9-8-20(15-27(22)45)50-17-19-6-4-3-5-7-19)10-11-23-31(24)36(49)44(35(23)48)43(2)34-26(38)12-13-29(42-34)37(39,40)41/h3-10,12-15,23-24,30-31,45H,11,16-17H2,1-2H3/t23-,24+,30+,31-/m0/s1. The van der Waals surface area contributed by atoms with Gasteiger partial charge in [-0.15, -0.1) is 0 Å². The van der Waals surface area contributed by atoms with Crippen molar-refractivity contribution >= 4 is 40.8 Å². The molecule has 0 spiro atoms. The second-order valence-corrected chi connectivity index (χ2v) is 13.1. The zero-order valence-corrected chi connectivity index (χ0v) is 27.5. The number of benzene rings is 2. The lowest BCUT2D eigenvalue weighted by Crippen LogP contribution is -2.46. The number of carbonyl (C=O) groups is 4. The number of phenols is 1. The van der Waals surface area contributed by atoms with Gasteiger partial charge in [-0.1, -0.05) is 59.6 Å². The highest BCUT2D eigenvalue weighted by atomic mass is 35.5. The molecular formula is C37H29ClF3N3O6. The molecule has 1 aromatic heterocycles. The first-order chi connectivity index (χ1) is 23.8. The van der Waals surface area contributed by atoms with E-state index in [2.05, 4.69) is 4.98 Å². The number of nitrogens with zero attached hydrogens (tertiary/aromatic N) is 3. The Morgan fingerprint density at radius 3 is 2.46 bits per heavy atom. The Bertz CT molecular complexity index is 2080. The van der Waals surface area contributed by atoms with Crippen LogP contribution in [0.2, 0.25) is 5.02 Å². The summed E-state index contributed by atoms with van der Waals surface area (Å²) < 4.78 is 46.4. The summed E-state index contributed by atoms with van der Waals surface area (Å²) in [6.45, 7) is 1.77. The number of carbonyl (C=O) groups excluding carboxylic acids is 4. The number of anilines is 1. The van der Waals surface area contributed by atoms with Crippen molar-refractivity contribution < 1.29 is 42.2 Å². The third kappa shape index (κ3) is 5.47. The summed E-state index contributed by atoms with van der Waals surface area (Å²) in [4.78, 5) is 58.9. The molecule has 1 N–H and O–H groups in total. The Kier molecular flexibility index (Phi) is 8.17. The molecule has 1 fully saturated rings. The fourth-order valence-electron chi connectivity index (χ4n) is 7.53. The number of aromatic hydroxyl groups is 1. The Balaban J connectivity index is 1.26. The molecule has 9 nitrogen and oxygen atoms in total. The smallest absolute Gasteiger partial charge is 0.433 e. The molecule has 256 valence electrons. The Morgan fingerprint density at radius 2 is 1.76 bits per heavy atom. The summed E-state index contributed by atoms with van der Waals surface area (Å²) in [5.74, 6) is -5.97. The third-order valence-electron chi connectivity index (χ3n) is 9.82. The van der Waals surface area contributed by atoms with E-state index in [1.165, 1.54) is 26.1 Å². The molecule has 3 aromatic rings. The van der Waals surface area contributed by atoms with Gasteiger partial charge in [0.15, 0.2) is 17.4 Å². The number of hydrogen-bond acceptors (Lipinski definition) is 8. The van der Waals surface area contributed by atoms with Gasteiger partial charge < -0.3 is 9.84 Å². The predicted octanol–water partition coefficient (Wildman–Crippen LogP) is 6.52. The molecule has 2 amide bonds. The van der Waals surface area contributed by atoms with Gasteiger partial charge in [0, 0.05) is 41.3 Å². The number of pyridine rings is 1. The van der Waals surface area contributed by atoms with Gasteiger partial charge in [0.05, 0.1) is 16.9 Å². The van der Waals surface area contributed by atoms with Gasteiger partial charge in [0.25, 0.3) is 11.8 Å². The SMILES string of the molecule is CC1=CC(=O)C2=C(C[C@@H]3C(=CC[C@@H]4C(=O)N(N(C)c5nc(C(F)(F)F)ccc5Cl)C(=O)[C@@H]43)[C@@H]2c2ccc(OCc3ccccc3)cc2O)C1=O. The number of aromatic nitrogens is 1. The summed E-state index contributed by atoms with van der Waals surface area (Å²) in [6.07, 6.45) is -1.71. The predicted molar refractivity (Wildman–Crippen MR) is 175 cm³/mol. The first kappa shape index (κ1) is 33.3. The van der Waals surface area contributed by atoms with E-state index in [0.29, 0.717) is 23.0 Å². The molecule has 4 atom stereocenters. The van der Waals surface area contributed by atoms with Gasteiger partial charge in [-0.05, 0) is 55.5 Å². The molecule has 0 radical (unpaired) electrons. The van der Waals surface area contributed by atoms with Crippen molar-refractivity contribution in [3.8, 4) is 11.5 Å². The van der Waals surface area contributed by atoms with E-state index in [0.717, 1.165) is 21.6 Å². The van der Waals surface area contributed by atoms with Crippen molar-refractivity contribution in [2.24, 2.45) is 17.8 Å². The Morgan fingerprint density at radius 1 is 1.02 bits per heavy atom. The van der Waals surface area contributed by atoms with Crippen LogP contribution in [0.5, 0.6) is 11.5 Å². The first-order valence-electron chi connectivity index (χ1n) is 15.8. The number of allylic oxidation sites excluding steroid dienone is 6. The van der Waals surface area contributed by atoms with Gasteiger partial charge in [-0.25, -0.2) is 4.98 Å². The zero-order chi connectivity index (χ0) is 35.6.